The topological polar surface area (TPSA) is 46.5 Å². The number of ether oxygens (including phenoxy) is 1. The van der Waals surface area contributed by atoms with E-state index in [4.69, 9.17) is 4.74 Å². The van der Waals surface area contributed by atoms with Gasteiger partial charge < -0.3 is 9.84 Å². The highest BCUT2D eigenvalue weighted by Gasteiger charge is 2.15. The van der Waals surface area contributed by atoms with Crippen molar-refractivity contribution in [3.63, 3.8) is 0 Å². The van der Waals surface area contributed by atoms with E-state index in [0.717, 1.165) is 46.6 Å². The van der Waals surface area contributed by atoms with Crippen LogP contribution in [-0.2, 0) is 0 Å². The molecule has 0 fully saturated rings. The monoisotopic (exact) mass is 374 g/mol. The molecule has 1 aromatic carbocycles. The molecule has 0 bridgehead atoms. The number of allylic oxidation sites excluding steroid dienone is 2. The van der Waals surface area contributed by atoms with Crippen molar-refractivity contribution in [1.29, 1.82) is 0 Å². The predicted molar refractivity (Wildman–Crippen MR) is 113 cm³/mol. The number of carboxylic acid groups (broad SMARTS) is 1. The fraction of sp³-hybridized carbons (Fsp3) is 0.409. The average molecular weight is 375 g/mol. The van der Waals surface area contributed by atoms with Crippen LogP contribution in [0.15, 0.2) is 47.9 Å². The molecule has 0 spiro atoms. The van der Waals surface area contributed by atoms with Crippen LogP contribution in [0.3, 0.4) is 0 Å². The summed E-state index contributed by atoms with van der Waals surface area (Å²) in [6.07, 6.45) is 5.60. The summed E-state index contributed by atoms with van der Waals surface area (Å²) >= 11 is 1.53. The smallest absolute Gasteiger partial charge is 0.335 e. The van der Waals surface area contributed by atoms with Crippen LogP contribution in [0, 0.1) is 0 Å². The second-order valence-corrected chi connectivity index (χ2v) is 7.65. The van der Waals surface area contributed by atoms with Crippen molar-refractivity contribution in [1.82, 2.24) is 0 Å². The molecule has 0 amide bonds. The number of rotatable bonds is 11. The third-order valence-corrected chi connectivity index (χ3v) is 5.14. The van der Waals surface area contributed by atoms with Crippen molar-refractivity contribution < 1.29 is 14.6 Å². The summed E-state index contributed by atoms with van der Waals surface area (Å²) < 4.78 is 6.15. The molecule has 26 heavy (non-hydrogen) atoms. The van der Waals surface area contributed by atoms with E-state index in [1.54, 1.807) is 12.1 Å². The zero-order valence-corrected chi connectivity index (χ0v) is 17.1. The minimum absolute atomic E-state index is 0.00235. The van der Waals surface area contributed by atoms with Gasteiger partial charge in [-0.3, -0.25) is 0 Å². The van der Waals surface area contributed by atoms with Crippen molar-refractivity contribution in [2.75, 3.05) is 0 Å². The SMILES string of the molecule is C=C(CC)C[C@H](CCC)Oc1cc(C(=C)S/C(C)=C\C)cc(C(=O)O)c1. The zero-order valence-electron chi connectivity index (χ0n) is 16.3. The lowest BCUT2D eigenvalue weighted by Gasteiger charge is -2.20. The number of hydrogen-bond acceptors (Lipinski definition) is 3. The van der Waals surface area contributed by atoms with Gasteiger partial charge in [0, 0.05) is 11.3 Å². The normalized spacial score (nSPS) is 12.5. The van der Waals surface area contributed by atoms with E-state index in [9.17, 15) is 9.90 Å². The molecule has 1 atom stereocenters. The van der Waals surface area contributed by atoms with Gasteiger partial charge in [-0.05, 0) is 55.4 Å². The van der Waals surface area contributed by atoms with Crippen LogP contribution >= 0.6 is 11.8 Å². The summed E-state index contributed by atoms with van der Waals surface area (Å²) in [6, 6.07) is 5.11. The molecular weight excluding hydrogens is 344 g/mol. The van der Waals surface area contributed by atoms with Gasteiger partial charge in [-0.15, -0.1) is 0 Å². The van der Waals surface area contributed by atoms with Crippen molar-refractivity contribution in [2.45, 2.75) is 59.5 Å². The maximum Gasteiger partial charge on any atom is 0.335 e. The Balaban J connectivity index is 3.14. The van der Waals surface area contributed by atoms with Crippen LogP contribution in [-0.4, -0.2) is 17.2 Å². The summed E-state index contributed by atoms with van der Waals surface area (Å²) in [5.41, 5.74) is 2.12. The number of aromatic carboxylic acids is 1. The second-order valence-electron chi connectivity index (χ2n) is 6.31. The Kier molecular flexibility index (Phi) is 9.28. The zero-order chi connectivity index (χ0) is 19.7. The Labute approximate surface area is 161 Å². The molecule has 1 aromatic rings. The number of carbonyl (C=O) groups is 1. The van der Waals surface area contributed by atoms with Gasteiger partial charge in [-0.25, -0.2) is 4.79 Å². The van der Waals surface area contributed by atoms with E-state index in [2.05, 4.69) is 27.0 Å². The molecule has 0 saturated carbocycles. The number of benzene rings is 1. The van der Waals surface area contributed by atoms with E-state index in [-0.39, 0.29) is 11.7 Å². The Hall–Kier alpha value is -1.94. The van der Waals surface area contributed by atoms with Gasteiger partial charge >= 0.3 is 5.97 Å². The van der Waals surface area contributed by atoms with Crippen molar-refractivity contribution >= 4 is 22.6 Å². The van der Waals surface area contributed by atoms with E-state index in [0.29, 0.717) is 5.75 Å². The lowest BCUT2D eigenvalue weighted by atomic mass is 10.0. The van der Waals surface area contributed by atoms with E-state index in [1.807, 2.05) is 26.0 Å². The first kappa shape index (κ1) is 22.1. The van der Waals surface area contributed by atoms with Gasteiger partial charge in [0.15, 0.2) is 0 Å². The molecule has 0 unspecified atom stereocenters. The highest BCUT2D eigenvalue weighted by atomic mass is 32.2. The van der Waals surface area contributed by atoms with Crippen LogP contribution in [0.25, 0.3) is 4.91 Å². The number of hydrogen-bond donors (Lipinski definition) is 1. The first-order valence-electron chi connectivity index (χ1n) is 9.02. The summed E-state index contributed by atoms with van der Waals surface area (Å²) in [5, 5.41) is 9.45. The minimum atomic E-state index is -0.970. The van der Waals surface area contributed by atoms with E-state index in [1.165, 1.54) is 11.8 Å². The molecule has 1 rings (SSSR count). The lowest BCUT2D eigenvalue weighted by Crippen LogP contribution is -2.17. The molecule has 3 nitrogen and oxygen atoms in total. The van der Waals surface area contributed by atoms with Gasteiger partial charge in [0.2, 0.25) is 0 Å². The number of carboxylic acids is 1. The molecule has 142 valence electrons. The van der Waals surface area contributed by atoms with Crippen LogP contribution < -0.4 is 4.74 Å². The molecule has 0 aliphatic heterocycles. The van der Waals surface area contributed by atoms with Crippen LogP contribution in [0.5, 0.6) is 5.75 Å². The predicted octanol–water partition coefficient (Wildman–Crippen LogP) is 6.92. The molecule has 0 aliphatic carbocycles. The fourth-order valence-electron chi connectivity index (χ4n) is 2.45. The van der Waals surface area contributed by atoms with Crippen LogP contribution in [0.2, 0.25) is 0 Å². The second kappa shape index (κ2) is 10.9. The Morgan fingerprint density at radius 1 is 1.27 bits per heavy atom. The highest BCUT2D eigenvalue weighted by molar-refractivity contribution is 8.11. The van der Waals surface area contributed by atoms with Gasteiger partial charge in [0.1, 0.15) is 11.9 Å². The number of thioether (sulfide) groups is 1. The van der Waals surface area contributed by atoms with Crippen molar-refractivity contribution in [3.05, 3.63) is 59.0 Å². The standard InChI is InChI=1S/C22H30O3S/c1-7-10-20(11-15(4)8-2)25-21-13-18(12-19(14-21)22(23)24)17(6)26-16(5)9-3/h9,12-14,20H,4,6-8,10-11H2,1-3,5H3,(H,23,24)/b16-9-/t20-/m0/s1. The maximum absolute atomic E-state index is 11.5. The summed E-state index contributed by atoms with van der Waals surface area (Å²) in [6.45, 7) is 16.3. The largest absolute Gasteiger partial charge is 0.490 e. The lowest BCUT2D eigenvalue weighted by molar-refractivity contribution is 0.0695. The first-order valence-corrected chi connectivity index (χ1v) is 9.84. The summed E-state index contributed by atoms with van der Waals surface area (Å²) in [4.78, 5) is 13.4. The van der Waals surface area contributed by atoms with Crippen molar-refractivity contribution in [2.24, 2.45) is 0 Å². The molecule has 0 radical (unpaired) electrons. The average Bonchev–Trinajstić information content (AvgIpc) is 2.61. The summed E-state index contributed by atoms with van der Waals surface area (Å²) in [5.74, 6) is -0.399. The van der Waals surface area contributed by atoms with Gasteiger partial charge in [-0.2, -0.15) is 0 Å². The molecule has 0 aliphatic rings. The van der Waals surface area contributed by atoms with Crippen LogP contribution in [0.4, 0.5) is 0 Å². The summed E-state index contributed by atoms with van der Waals surface area (Å²) in [7, 11) is 0. The van der Waals surface area contributed by atoms with E-state index >= 15 is 0 Å². The van der Waals surface area contributed by atoms with Crippen LogP contribution in [0.1, 0.15) is 69.3 Å². The van der Waals surface area contributed by atoms with Gasteiger partial charge in [0.05, 0.1) is 5.56 Å². The Bertz CT molecular complexity index is 689. The first-order chi connectivity index (χ1) is 12.3. The molecule has 0 saturated heterocycles. The van der Waals surface area contributed by atoms with Gasteiger partial charge in [0.25, 0.3) is 0 Å². The quantitative estimate of drug-likeness (QED) is 0.427. The highest BCUT2D eigenvalue weighted by Crippen LogP contribution is 2.34. The molecule has 4 heteroatoms. The van der Waals surface area contributed by atoms with E-state index < -0.39 is 5.97 Å². The molecular formula is C22H30O3S. The third kappa shape index (κ3) is 7.12. The minimum Gasteiger partial charge on any atom is -0.490 e. The third-order valence-electron chi connectivity index (χ3n) is 4.10. The fourth-order valence-corrected chi connectivity index (χ4v) is 3.19. The van der Waals surface area contributed by atoms with Crippen molar-refractivity contribution in [3.8, 4) is 5.75 Å². The van der Waals surface area contributed by atoms with Gasteiger partial charge in [-0.1, -0.05) is 56.8 Å². The molecule has 1 N–H and O–H groups in total. The molecule has 0 heterocycles. The Morgan fingerprint density at radius 2 is 1.92 bits per heavy atom. The molecule has 0 aromatic heterocycles. The maximum atomic E-state index is 11.5. The Morgan fingerprint density at radius 3 is 2.46 bits per heavy atom.